The molecule has 0 radical (unpaired) electrons. The van der Waals surface area contributed by atoms with Crippen LogP contribution >= 0.6 is 0 Å². The van der Waals surface area contributed by atoms with Crippen LogP contribution in [0.5, 0.6) is 5.75 Å². The number of nitrogens with zero attached hydrogens (tertiary/aromatic N) is 1. The zero-order valence-corrected chi connectivity index (χ0v) is 21.7. The van der Waals surface area contributed by atoms with Crippen molar-refractivity contribution in [3.8, 4) is 5.75 Å². The molecule has 0 spiro atoms. The molecular weight excluding hydrogens is 459 g/mol. The number of methoxy groups -OCH3 is 1. The van der Waals surface area contributed by atoms with Crippen molar-refractivity contribution in [1.29, 1.82) is 0 Å². The molecule has 1 heterocycles. The first-order chi connectivity index (χ1) is 17.1. The van der Waals surface area contributed by atoms with Crippen molar-refractivity contribution in [2.45, 2.75) is 76.7 Å². The van der Waals surface area contributed by atoms with Gasteiger partial charge in [0.25, 0.3) is 0 Å². The predicted octanol–water partition coefficient (Wildman–Crippen LogP) is 6.13. The predicted molar refractivity (Wildman–Crippen MR) is 140 cm³/mol. The first kappa shape index (κ1) is 26.1. The summed E-state index contributed by atoms with van der Waals surface area (Å²) in [5.41, 5.74) is 0.113. The van der Waals surface area contributed by atoms with E-state index in [1.54, 1.807) is 26.2 Å². The average Bonchev–Trinajstić information content (AvgIpc) is 2.85. The Balaban J connectivity index is 1.62. The molecule has 36 heavy (non-hydrogen) atoms. The first-order valence-corrected chi connectivity index (χ1v) is 12.8. The third-order valence-corrected chi connectivity index (χ3v) is 7.57. The van der Waals surface area contributed by atoms with Gasteiger partial charge in [0.15, 0.2) is 0 Å². The summed E-state index contributed by atoms with van der Waals surface area (Å²) in [5, 5.41) is 20.5. The van der Waals surface area contributed by atoms with Crippen molar-refractivity contribution < 1.29 is 18.8 Å². The van der Waals surface area contributed by atoms with Gasteiger partial charge in [-0.05, 0) is 67.5 Å². The summed E-state index contributed by atoms with van der Waals surface area (Å²) in [7, 11) is 1.58. The van der Waals surface area contributed by atoms with Crippen molar-refractivity contribution in [3.63, 3.8) is 0 Å². The Hall–Kier alpha value is -2.93. The van der Waals surface area contributed by atoms with Crippen molar-refractivity contribution in [2.24, 2.45) is 5.92 Å². The molecule has 4 rings (SSSR count). The molecule has 194 valence electrons. The number of hydrogen-bond acceptors (Lipinski definition) is 6. The molecule has 6 nitrogen and oxygen atoms in total. The Bertz CT molecular complexity index is 1270. The summed E-state index contributed by atoms with van der Waals surface area (Å²) in [5.74, 6) is 0.742. The van der Waals surface area contributed by atoms with Gasteiger partial charge in [-0.25, -0.2) is 9.18 Å². The Morgan fingerprint density at radius 1 is 1.14 bits per heavy atom. The average molecular weight is 497 g/mol. The SMILES string of the molecule is COc1ccc(F)cc1C(C)(C)CC(O)(CNc1ccc2c(=O)onc(C)c2c1)CC1CCCCC1. The number of benzene rings is 2. The van der Waals surface area contributed by atoms with E-state index in [0.717, 1.165) is 29.5 Å². The van der Waals surface area contributed by atoms with Gasteiger partial charge in [-0.3, -0.25) is 0 Å². The summed E-state index contributed by atoms with van der Waals surface area (Å²) in [6, 6.07) is 9.97. The third kappa shape index (κ3) is 5.89. The second kappa shape index (κ2) is 10.6. The number of hydrogen-bond donors (Lipinski definition) is 2. The number of halogens is 1. The lowest BCUT2D eigenvalue weighted by Crippen LogP contribution is -2.44. The molecule has 2 N–H and O–H groups in total. The molecule has 0 saturated heterocycles. The molecular formula is C29H37FN2O4. The zero-order valence-electron chi connectivity index (χ0n) is 21.7. The largest absolute Gasteiger partial charge is 0.496 e. The fourth-order valence-electron chi connectivity index (χ4n) is 5.87. The number of aromatic nitrogens is 1. The number of aryl methyl sites for hydroxylation is 1. The normalized spacial score (nSPS) is 16.6. The Morgan fingerprint density at radius 3 is 2.61 bits per heavy atom. The van der Waals surface area contributed by atoms with Gasteiger partial charge in [-0.2, -0.15) is 0 Å². The van der Waals surface area contributed by atoms with Crippen LogP contribution in [0.1, 0.15) is 70.1 Å². The highest BCUT2D eigenvalue weighted by Gasteiger charge is 2.39. The van der Waals surface area contributed by atoms with Gasteiger partial charge in [0.1, 0.15) is 11.6 Å². The highest BCUT2D eigenvalue weighted by molar-refractivity contribution is 5.86. The molecule has 1 unspecified atom stereocenters. The van der Waals surface area contributed by atoms with E-state index >= 15 is 0 Å². The van der Waals surface area contributed by atoms with Crippen LogP contribution < -0.4 is 15.7 Å². The van der Waals surface area contributed by atoms with Gasteiger partial charge in [0, 0.05) is 23.2 Å². The maximum Gasteiger partial charge on any atom is 0.366 e. The zero-order chi connectivity index (χ0) is 25.9. The number of ether oxygens (including phenoxy) is 1. The van der Waals surface area contributed by atoms with E-state index in [9.17, 15) is 14.3 Å². The number of rotatable bonds is 9. The lowest BCUT2D eigenvalue weighted by molar-refractivity contribution is -0.00244. The minimum atomic E-state index is -1.04. The molecule has 1 aromatic heterocycles. The van der Waals surface area contributed by atoms with Crippen LogP contribution in [0.4, 0.5) is 10.1 Å². The molecule has 1 aliphatic rings. The summed E-state index contributed by atoms with van der Waals surface area (Å²) in [6.07, 6.45) is 6.95. The van der Waals surface area contributed by atoms with Gasteiger partial charge < -0.3 is 19.7 Å². The van der Waals surface area contributed by atoms with Crippen molar-refractivity contribution in [3.05, 3.63) is 63.9 Å². The molecule has 0 aliphatic heterocycles. The highest BCUT2D eigenvalue weighted by atomic mass is 19.1. The van der Waals surface area contributed by atoms with Gasteiger partial charge in [-0.1, -0.05) is 51.1 Å². The van der Waals surface area contributed by atoms with Gasteiger partial charge in [0.05, 0.1) is 23.8 Å². The number of aliphatic hydroxyl groups is 1. The topological polar surface area (TPSA) is 84.6 Å². The van der Waals surface area contributed by atoms with E-state index < -0.39 is 16.6 Å². The molecule has 0 bridgehead atoms. The smallest absolute Gasteiger partial charge is 0.366 e. The van der Waals surface area contributed by atoms with Crippen molar-refractivity contribution >= 4 is 16.5 Å². The molecule has 7 heteroatoms. The number of fused-ring (bicyclic) bond motifs is 1. The molecule has 2 aromatic carbocycles. The maximum absolute atomic E-state index is 14.2. The van der Waals surface area contributed by atoms with Crippen LogP contribution in [-0.4, -0.2) is 29.5 Å². The van der Waals surface area contributed by atoms with Crippen LogP contribution in [0.3, 0.4) is 0 Å². The fraction of sp³-hybridized carbons (Fsp3) is 0.517. The monoisotopic (exact) mass is 496 g/mol. The van der Waals surface area contributed by atoms with E-state index in [1.165, 1.54) is 31.4 Å². The fourth-order valence-corrected chi connectivity index (χ4v) is 5.87. The van der Waals surface area contributed by atoms with Gasteiger partial charge in [-0.15, -0.1) is 0 Å². The van der Waals surface area contributed by atoms with E-state index in [-0.39, 0.29) is 5.82 Å². The standard InChI is InChI=1S/C29H37FN2O4/c1-19-24-15-22(11-12-23(24)27(33)36-32-19)31-18-29(34,16-20-8-6-5-7-9-20)17-28(2,3)25-14-21(30)10-13-26(25)35-4/h10-15,20,31,34H,5-9,16-18H2,1-4H3. The van der Waals surface area contributed by atoms with Crippen LogP contribution in [0, 0.1) is 18.7 Å². The summed E-state index contributed by atoms with van der Waals surface area (Å²) < 4.78 is 24.6. The molecule has 1 fully saturated rings. The van der Waals surface area contributed by atoms with Crippen molar-refractivity contribution in [2.75, 3.05) is 19.0 Å². The van der Waals surface area contributed by atoms with Gasteiger partial charge in [0.2, 0.25) is 0 Å². The number of anilines is 1. The molecule has 3 aromatic rings. The minimum absolute atomic E-state index is 0.322. The lowest BCUT2D eigenvalue weighted by Gasteiger charge is -2.40. The second-order valence-electron chi connectivity index (χ2n) is 11.0. The van der Waals surface area contributed by atoms with Crippen LogP contribution in [0.25, 0.3) is 10.8 Å². The molecule has 0 amide bonds. The van der Waals surface area contributed by atoms with Gasteiger partial charge >= 0.3 is 5.63 Å². The molecule has 1 saturated carbocycles. The molecule has 1 atom stereocenters. The highest BCUT2D eigenvalue weighted by Crippen LogP contribution is 2.41. The quantitative estimate of drug-likeness (QED) is 0.371. The van der Waals surface area contributed by atoms with E-state index in [1.807, 2.05) is 26.0 Å². The Labute approximate surface area is 211 Å². The van der Waals surface area contributed by atoms with Crippen molar-refractivity contribution in [1.82, 2.24) is 5.16 Å². The van der Waals surface area contributed by atoms with Crippen LogP contribution in [0.2, 0.25) is 0 Å². The van der Waals surface area contributed by atoms with E-state index in [4.69, 9.17) is 9.26 Å². The Morgan fingerprint density at radius 2 is 1.89 bits per heavy atom. The second-order valence-corrected chi connectivity index (χ2v) is 11.0. The number of nitrogens with one attached hydrogen (secondary N) is 1. The molecule has 1 aliphatic carbocycles. The summed E-state index contributed by atoms with van der Waals surface area (Å²) in [6.45, 7) is 6.17. The lowest BCUT2D eigenvalue weighted by atomic mass is 9.70. The van der Waals surface area contributed by atoms with Crippen LogP contribution in [-0.2, 0) is 5.41 Å². The van der Waals surface area contributed by atoms with E-state index in [0.29, 0.717) is 42.1 Å². The van der Waals surface area contributed by atoms with Crippen LogP contribution in [0.15, 0.2) is 45.7 Å². The first-order valence-electron chi connectivity index (χ1n) is 12.8. The van der Waals surface area contributed by atoms with E-state index in [2.05, 4.69) is 10.5 Å². The minimum Gasteiger partial charge on any atom is -0.496 e. The maximum atomic E-state index is 14.2. The summed E-state index contributed by atoms with van der Waals surface area (Å²) in [4.78, 5) is 12.0. The Kier molecular flexibility index (Phi) is 7.69. The third-order valence-electron chi connectivity index (χ3n) is 7.57. The summed E-state index contributed by atoms with van der Waals surface area (Å²) >= 11 is 0.